The molecule has 0 aliphatic rings. The van der Waals surface area contributed by atoms with E-state index >= 15 is 0 Å². The van der Waals surface area contributed by atoms with Gasteiger partial charge >= 0.3 is 0 Å². The highest BCUT2D eigenvalue weighted by Crippen LogP contribution is 2.23. The maximum atomic E-state index is 12.4. The molecule has 0 aliphatic heterocycles. The van der Waals surface area contributed by atoms with Gasteiger partial charge in [-0.3, -0.25) is 10.1 Å². The summed E-state index contributed by atoms with van der Waals surface area (Å²) in [5, 5.41) is 10.6. The average Bonchev–Trinajstić information content (AvgIpc) is 2.95. The molecule has 0 unspecified atom stereocenters. The molecule has 124 valence electrons. The third kappa shape index (κ3) is 4.50. The van der Waals surface area contributed by atoms with Gasteiger partial charge in [-0.1, -0.05) is 40.8 Å². The van der Waals surface area contributed by atoms with Crippen molar-refractivity contribution in [3.63, 3.8) is 0 Å². The number of carbonyl (C=O) groups is 1. The molecule has 7 nitrogen and oxygen atoms in total. The largest absolute Gasteiger partial charge is 0.299 e. The molecule has 1 amide bonds. The summed E-state index contributed by atoms with van der Waals surface area (Å²) in [7, 11) is -2.34. The van der Waals surface area contributed by atoms with Crippen LogP contribution in [-0.4, -0.2) is 48.7 Å². The lowest BCUT2D eigenvalue weighted by atomic mass is 10.2. The lowest BCUT2D eigenvalue weighted by Crippen LogP contribution is -2.34. The number of likely N-dealkylation sites (N-methyl/N-ethyl adjacent to an activating group) is 1. The van der Waals surface area contributed by atoms with Crippen molar-refractivity contribution in [1.29, 1.82) is 0 Å². The molecule has 1 aromatic heterocycles. The first kappa shape index (κ1) is 17.9. The number of hydrogen-bond donors (Lipinski definition) is 1. The van der Waals surface area contributed by atoms with Crippen molar-refractivity contribution in [2.75, 3.05) is 25.2 Å². The van der Waals surface area contributed by atoms with E-state index in [4.69, 9.17) is 0 Å². The number of aryl methyl sites for hydroxylation is 1. The second-order valence-electron chi connectivity index (χ2n) is 4.70. The maximum Gasteiger partial charge on any atom is 0.243 e. The molecule has 0 saturated heterocycles. The SMILES string of the molecule is CSc1nnc(NC(=O)CN(C)S(=O)(=O)c2ccc(C)cc2)s1. The highest BCUT2D eigenvalue weighted by molar-refractivity contribution is 8.00. The Bertz CT molecular complexity index is 787. The molecular formula is C13H16N4O3S3. The molecule has 0 radical (unpaired) electrons. The van der Waals surface area contributed by atoms with Crippen LogP contribution in [0.25, 0.3) is 0 Å². The Kier molecular flexibility index (Phi) is 5.74. The number of aromatic nitrogens is 2. The third-order valence-electron chi connectivity index (χ3n) is 2.92. The fourth-order valence-electron chi connectivity index (χ4n) is 1.68. The van der Waals surface area contributed by atoms with Crippen molar-refractivity contribution in [1.82, 2.24) is 14.5 Å². The maximum absolute atomic E-state index is 12.4. The van der Waals surface area contributed by atoms with Gasteiger partial charge < -0.3 is 0 Å². The number of nitrogens with one attached hydrogen (secondary N) is 1. The third-order valence-corrected chi connectivity index (χ3v) is 6.55. The van der Waals surface area contributed by atoms with Crippen molar-refractivity contribution < 1.29 is 13.2 Å². The summed E-state index contributed by atoms with van der Waals surface area (Å²) in [4.78, 5) is 12.1. The summed E-state index contributed by atoms with van der Waals surface area (Å²) in [6.45, 7) is 1.57. The topological polar surface area (TPSA) is 92.3 Å². The normalized spacial score (nSPS) is 11.7. The van der Waals surface area contributed by atoms with E-state index in [9.17, 15) is 13.2 Å². The summed E-state index contributed by atoms with van der Waals surface area (Å²) >= 11 is 2.66. The lowest BCUT2D eigenvalue weighted by molar-refractivity contribution is -0.116. The quantitative estimate of drug-likeness (QED) is 0.614. The molecule has 0 aliphatic carbocycles. The van der Waals surface area contributed by atoms with Gasteiger partial charge in [-0.05, 0) is 25.3 Å². The van der Waals surface area contributed by atoms with Crippen molar-refractivity contribution in [3.05, 3.63) is 29.8 Å². The van der Waals surface area contributed by atoms with E-state index in [2.05, 4.69) is 15.5 Å². The molecule has 0 saturated carbocycles. The fourth-order valence-corrected chi connectivity index (χ4v) is 3.99. The minimum atomic E-state index is -3.71. The Morgan fingerprint density at radius 2 is 1.96 bits per heavy atom. The minimum Gasteiger partial charge on any atom is -0.299 e. The monoisotopic (exact) mass is 372 g/mol. The van der Waals surface area contributed by atoms with Gasteiger partial charge in [0.15, 0.2) is 4.34 Å². The summed E-state index contributed by atoms with van der Waals surface area (Å²) in [5.41, 5.74) is 0.963. The minimum absolute atomic E-state index is 0.152. The summed E-state index contributed by atoms with van der Waals surface area (Å²) in [6, 6.07) is 6.47. The van der Waals surface area contributed by atoms with E-state index in [0.29, 0.717) is 5.13 Å². The van der Waals surface area contributed by atoms with Crippen LogP contribution in [-0.2, 0) is 14.8 Å². The van der Waals surface area contributed by atoms with Crippen LogP contribution >= 0.6 is 23.1 Å². The zero-order valence-corrected chi connectivity index (χ0v) is 15.3. The molecule has 0 atom stereocenters. The van der Waals surface area contributed by atoms with E-state index < -0.39 is 15.9 Å². The molecular weight excluding hydrogens is 356 g/mol. The van der Waals surface area contributed by atoms with Crippen LogP contribution < -0.4 is 5.32 Å². The Morgan fingerprint density at radius 3 is 2.52 bits per heavy atom. The first-order valence-electron chi connectivity index (χ1n) is 6.53. The Balaban J connectivity index is 2.03. The summed E-state index contributed by atoms with van der Waals surface area (Å²) in [6.07, 6.45) is 1.86. The van der Waals surface area contributed by atoms with Gasteiger partial charge in [0.05, 0.1) is 11.4 Å². The first-order chi connectivity index (χ1) is 10.8. The number of benzene rings is 1. The zero-order valence-electron chi connectivity index (χ0n) is 12.8. The first-order valence-corrected chi connectivity index (χ1v) is 10.0. The Morgan fingerprint density at radius 1 is 1.30 bits per heavy atom. The standard InChI is InChI=1S/C13H16N4O3S3/c1-9-4-6-10(7-5-9)23(19,20)17(2)8-11(18)14-12-15-16-13(21-3)22-12/h4-7H,8H2,1-3H3,(H,14,15,18). The van der Waals surface area contributed by atoms with Crippen molar-refractivity contribution >= 4 is 44.2 Å². The van der Waals surface area contributed by atoms with Crippen LogP contribution in [0.4, 0.5) is 5.13 Å². The van der Waals surface area contributed by atoms with Crippen LogP contribution in [0, 0.1) is 6.92 Å². The molecule has 0 fully saturated rings. The van der Waals surface area contributed by atoms with E-state index in [0.717, 1.165) is 14.2 Å². The smallest absolute Gasteiger partial charge is 0.243 e. The molecule has 0 bridgehead atoms. The number of anilines is 1. The fraction of sp³-hybridized carbons (Fsp3) is 0.308. The van der Waals surface area contributed by atoms with Crippen LogP contribution in [0.5, 0.6) is 0 Å². The van der Waals surface area contributed by atoms with Gasteiger partial charge in [0.25, 0.3) is 0 Å². The molecule has 1 heterocycles. The number of carbonyl (C=O) groups excluding carboxylic acids is 1. The number of rotatable bonds is 6. The van der Waals surface area contributed by atoms with Crippen LogP contribution in [0.15, 0.2) is 33.5 Å². The molecule has 1 N–H and O–H groups in total. The summed E-state index contributed by atoms with van der Waals surface area (Å²) in [5.74, 6) is -0.466. The van der Waals surface area contributed by atoms with E-state index in [1.807, 2.05) is 13.2 Å². The number of nitrogens with zero attached hydrogens (tertiary/aromatic N) is 3. The van der Waals surface area contributed by atoms with Gasteiger partial charge in [0.1, 0.15) is 0 Å². The Hall–Kier alpha value is -1.49. The number of sulfonamides is 1. The van der Waals surface area contributed by atoms with E-state index in [-0.39, 0.29) is 11.4 Å². The second-order valence-corrected chi connectivity index (χ2v) is 8.78. The number of amides is 1. The predicted molar refractivity (Wildman–Crippen MR) is 91.3 cm³/mol. The van der Waals surface area contributed by atoms with Crippen molar-refractivity contribution in [2.24, 2.45) is 0 Å². The highest BCUT2D eigenvalue weighted by Gasteiger charge is 2.23. The number of thioether (sulfide) groups is 1. The van der Waals surface area contributed by atoms with Crippen LogP contribution in [0.3, 0.4) is 0 Å². The molecule has 2 rings (SSSR count). The van der Waals surface area contributed by atoms with Gasteiger partial charge in [-0.25, -0.2) is 8.42 Å². The van der Waals surface area contributed by atoms with E-state index in [1.165, 1.54) is 42.3 Å². The Labute approximate surface area is 143 Å². The predicted octanol–water partition coefficient (Wildman–Crippen LogP) is 1.83. The molecule has 23 heavy (non-hydrogen) atoms. The van der Waals surface area contributed by atoms with E-state index in [1.54, 1.807) is 12.1 Å². The van der Waals surface area contributed by atoms with Gasteiger partial charge in [-0.2, -0.15) is 4.31 Å². The zero-order chi connectivity index (χ0) is 17.0. The van der Waals surface area contributed by atoms with Gasteiger partial charge in [0, 0.05) is 7.05 Å². The van der Waals surface area contributed by atoms with Gasteiger partial charge in [-0.15, -0.1) is 10.2 Å². The lowest BCUT2D eigenvalue weighted by Gasteiger charge is -2.16. The summed E-state index contributed by atoms with van der Waals surface area (Å²) < 4.78 is 26.5. The second kappa shape index (κ2) is 7.39. The van der Waals surface area contributed by atoms with Crippen LogP contribution in [0.1, 0.15) is 5.56 Å². The molecule has 2 aromatic rings. The number of hydrogen-bond acceptors (Lipinski definition) is 7. The van der Waals surface area contributed by atoms with Crippen molar-refractivity contribution in [3.8, 4) is 0 Å². The van der Waals surface area contributed by atoms with Crippen LogP contribution in [0.2, 0.25) is 0 Å². The van der Waals surface area contributed by atoms with Gasteiger partial charge in [0.2, 0.25) is 21.1 Å². The van der Waals surface area contributed by atoms with Crippen molar-refractivity contribution in [2.45, 2.75) is 16.2 Å². The highest BCUT2D eigenvalue weighted by atomic mass is 32.2. The molecule has 1 aromatic carbocycles. The molecule has 0 spiro atoms. The average molecular weight is 372 g/mol. The molecule has 10 heteroatoms.